The van der Waals surface area contributed by atoms with Gasteiger partial charge in [0.2, 0.25) is 0 Å². The maximum Gasteiger partial charge on any atom is 0.262 e. The summed E-state index contributed by atoms with van der Waals surface area (Å²) in [6, 6.07) is 20.6. The number of hydrogen-bond acceptors (Lipinski definition) is 4. The van der Waals surface area contributed by atoms with E-state index in [-0.39, 0.29) is 28.5 Å². The summed E-state index contributed by atoms with van der Waals surface area (Å²) < 4.78 is 35.5. The van der Waals surface area contributed by atoms with E-state index < -0.39 is 23.4 Å². The van der Waals surface area contributed by atoms with Crippen LogP contribution in [0.1, 0.15) is 33.6 Å². The number of anilines is 1. The molecule has 1 N–H and O–H groups in total. The number of halogens is 2. The lowest BCUT2D eigenvalue weighted by Gasteiger charge is -2.22. The van der Waals surface area contributed by atoms with Crippen LogP contribution in [0, 0.1) is 11.6 Å². The number of aromatic nitrogens is 1. The number of rotatable bonds is 6. The van der Waals surface area contributed by atoms with E-state index in [2.05, 4.69) is 10.3 Å². The SMILES string of the molecule is CNC(=O)c1c(-c2ccc(F)cc2)oc2ccc(-c3cccc(C(=O)N(c4ccccn4)C4CC4)c3F)cc12. The van der Waals surface area contributed by atoms with Crippen molar-refractivity contribution in [2.75, 3.05) is 11.9 Å². The zero-order valence-corrected chi connectivity index (χ0v) is 20.9. The Labute approximate surface area is 222 Å². The molecule has 39 heavy (non-hydrogen) atoms. The molecular weight excluding hydrogens is 500 g/mol. The molecule has 0 atom stereocenters. The van der Waals surface area contributed by atoms with E-state index in [0.717, 1.165) is 12.8 Å². The molecule has 194 valence electrons. The van der Waals surface area contributed by atoms with Gasteiger partial charge in [-0.05, 0) is 73.0 Å². The van der Waals surface area contributed by atoms with E-state index in [0.29, 0.717) is 27.9 Å². The highest BCUT2D eigenvalue weighted by Crippen LogP contribution is 2.38. The number of nitrogens with zero attached hydrogens (tertiary/aromatic N) is 2. The fourth-order valence-corrected chi connectivity index (χ4v) is 4.76. The molecule has 2 heterocycles. The van der Waals surface area contributed by atoms with Crippen LogP contribution < -0.4 is 10.2 Å². The summed E-state index contributed by atoms with van der Waals surface area (Å²) in [6.07, 6.45) is 3.27. The Morgan fingerprint density at radius 3 is 2.41 bits per heavy atom. The van der Waals surface area contributed by atoms with Gasteiger partial charge >= 0.3 is 0 Å². The number of nitrogens with one attached hydrogen (secondary N) is 1. The number of carbonyl (C=O) groups excluding carboxylic acids is 2. The summed E-state index contributed by atoms with van der Waals surface area (Å²) in [4.78, 5) is 32.3. The second-order valence-electron chi connectivity index (χ2n) is 9.36. The second kappa shape index (κ2) is 9.79. The van der Waals surface area contributed by atoms with E-state index in [1.807, 2.05) is 0 Å². The number of benzene rings is 3. The van der Waals surface area contributed by atoms with Gasteiger partial charge in [0.1, 0.15) is 28.8 Å². The number of furan rings is 1. The third-order valence-corrected chi connectivity index (χ3v) is 6.82. The van der Waals surface area contributed by atoms with Gasteiger partial charge in [-0.1, -0.05) is 24.3 Å². The highest BCUT2D eigenvalue weighted by molar-refractivity contribution is 6.12. The molecule has 1 aliphatic rings. The van der Waals surface area contributed by atoms with Gasteiger partial charge in [-0.25, -0.2) is 13.8 Å². The Balaban J connectivity index is 1.45. The molecule has 0 aliphatic heterocycles. The predicted octanol–water partition coefficient (Wildman–Crippen LogP) is 6.61. The lowest BCUT2D eigenvalue weighted by atomic mass is 9.98. The Hall–Kier alpha value is -4.85. The monoisotopic (exact) mass is 523 g/mol. The first-order valence-electron chi connectivity index (χ1n) is 12.5. The molecule has 0 saturated heterocycles. The van der Waals surface area contributed by atoms with Gasteiger partial charge in [0.25, 0.3) is 11.8 Å². The summed E-state index contributed by atoms with van der Waals surface area (Å²) in [5.41, 5.74) is 1.83. The van der Waals surface area contributed by atoms with Gasteiger partial charge in [0.15, 0.2) is 0 Å². The fraction of sp³-hybridized carbons (Fsp3) is 0.129. The van der Waals surface area contributed by atoms with Crippen LogP contribution in [0.4, 0.5) is 14.6 Å². The van der Waals surface area contributed by atoms with Gasteiger partial charge in [-0.3, -0.25) is 14.5 Å². The predicted molar refractivity (Wildman–Crippen MR) is 144 cm³/mol. The third-order valence-electron chi connectivity index (χ3n) is 6.82. The van der Waals surface area contributed by atoms with Crippen molar-refractivity contribution in [3.8, 4) is 22.5 Å². The number of amides is 2. The summed E-state index contributed by atoms with van der Waals surface area (Å²) in [6.45, 7) is 0. The van der Waals surface area contributed by atoms with Gasteiger partial charge in [0, 0.05) is 35.8 Å². The average Bonchev–Trinajstić information content (AvgIpc) is 3.72. The van der Waals surface area contributed by atoms with Gasteiger partial charge in [-0.2, -0.15) is 0 Å². The van der Waals surface area contributed by atoms with Crippen LogP contribution in [0.2, 0.25) is 0 Å². The van der Waals surface area contributed by atoms with E-state index in [1.165, 1.54) is 37.4 Å². The summed E-state index contributed by atoms with van der Waals surface area (Å²) in [5.74, 6) is -1.16. The topological polar surface area (TPSA) is 75.4 Å². The molecule has 1 fully saturated rings. The van der Waals surface area contributed by atoms with E-state index in [4.69, 9.17) is 4.42 Å². The van der Waals surface area contributed by atoms with Crippen LogP contribution in [-0.2, 0) is 0 Å². The van der Waals surface area contributed by atoms with Crippen LogP contribution in [0.25, 0.3) is 33.4 Å². The molecule has 0 bridgehead atoms. The molecule has 6 nitrogen and oxygen atoms in total. The highest BCUT2D eigenvalue weighted by Gasteiger charge is 2.36. The van der Waals surface area contributed by atoms with Gasteiger partial charge in [-0.15, -0.1) is 0 Å². The second-order valence-corrected chi connectivity index (χ2v) is 9.36. The molecule has 1 saturated carbocycles. The number of pyridine rings is 1. The van der Waals surface area contributed by atoms with E-state index in [9.17, 15) is 14.0 Å². The maximum absolute atomic E-state index is 16.0. The maximum atomic E-state index is 16.0. The van der Waals surface area contributed by atoms with Crippen molar-refractivity contribution in [1.82, 2.24) is 10.3 Å². The number of hydrogen-bond donors (Lipinski definition) is 1. The highest BCUT2D eigenvalue weighted by atomic mass is 19.1. The fourth-order valence-electron chi connectivity index (χ4n) is 4.76. The zero-order valence-electron chi connectivity index (χ0n) is 20.9. The van der Waals surface area contributed by atoms with Crippen LogP contribution in [0.3, 0.4) is 0 Å². The Kier molecular flexibility index (Phi) is 6.15. The van der Waals surface area contributed by atoms with Crippen LogP contribution in [0.15, 0.2) is 89.5 Å². The molecule has 5 aromatic rings. The molecule has 3 aromatic carbocycles. The minimum absolute atomic E-state index is 0.0160. The molecule has 0 unspecified atom stereocenters. The number of carbonyl (C=O) groups is 2. The quantitative estimate of drug-likeness (QED) is 0.272. The molecular formula is C31H23F2N3O3. The summed E-state index contributed by atoms with van der Waals surface area (Å²) >= 11 is 0. The smallest absolute Gasteiger partial charge is 0.262 e. The average molecular weight is 524 g/mol. The van der Waals surface area contributed by atoms with Crippen LogP contribution in [-0.4, -0.2) is 29.9 Å². The standard InChI is InChI=1S/C31H23F2N3O3/c1-34-30(37)27-24-17-19(10-15-25(24)39-29(27)18-8-11-20(32)12-9-18)22-5-4-6-23(28(22)33)31(38)36(21-13-14-21)26-7-2-3-16-35-26/h2-12,15-17,21H,13-14H2,1H3,(H,34,37). The lowest BCUT2D eigenvalue weighted by Crippen LogP contribution is -2.34. The Bertz CT molecular complexity index is 1710. The van der Waals surface area contributed by atoms with Crippen LogP contribution in [0.5, 0.6) is 0 Å². The van der Waals surface area contributed by atoms with Crippen molar-refractivity contribution < 1.29 is 22.8 Å². The molecule has 1 aliphatic carbocycles. The molecule has 8 heteroatoms. The van der Waals surface area contributed by atoms with Crippen molar-refractivity contribution in [3.63, 3.8) is 0 Å². The first-order valence-corrected chi connectivity index (χ1v) is 12.5. The minimum atomic E-state index is -0.660. The minimum Gasteiger partial charge on any atom is -0.455 e. The molecule has 2 aromatic heterocycles. The van der Waals surface area contributed by atoms with Gasteiger partial charge in [0.05, 0.1) is 11.1 Å². The van der Waals surface area contributed by atoms with Crippen molar-refractivity contribution in [3.05, 3.63) is 108 Å². The molecule has 0 spiro atoms. The van der Waals surface area contributed by atoms with E-state index >= 15 is 4.39 Å². The van der Waals surface area contributed by atoms with Crippen molar-refractivity contribution in [2.24, 2.45) is 0 Å². The summed E-state index contributed by atoms with van der Waals surface area (Å²) in [7, 11) is 1.50. The Morgan fingerprint density at radius 1 is 0.949 bits per heavy atom. The first kappa shape index (κ1) is 24.5. The van der Waals surface area contributed by atoms with E-state index in [1.54, 1.807) is 59.6 Å². The van der Waals surface area contributed by atoms with Crippen molar-refractivity contribution in [2.45, 2.75) is 18.9 Å². The lowest BCUT2D eigenvalue weighted by molar-refractivity contribution is 0.0961. The third kappa shape index (κ3) is 4.44. The first-order chi connectivity index (χ1) is 19.0. The molecule has 2 amide bonds. The van der Waals surface area contributed by atoms with Gasteiger partial charge < -0.3 is 9.73 Å². The molecule has 6 rings (SSSR count). The Morgan fingerprint density at radius 2 is 1.72 bits per heavy atom. The van der Waals surface area contributed by atoms with Crippen molar-refractivity contribution >= 4 is 28.6 Å². The molecule has 0 radical (unpaired) electrons. The van der Waals surface area contributed by atoms with Crippen molar-refractivity contribution in [1.29, 1.82) is 0 Å². The van der Waals surface area contributed by atoms with Crippen LogP contribution >= 0.6 is 0 Å². The largest absolute Gasteiger partial charge is 0.455 e. The summed E-state index contributed by atoms with van der Waals surface area (Å²) in [5, 5.41) is 3.08. The normalized spacial score (nSPS) is 12.9. The zero-order chi connectivity index (χ0) is 27.1. The number of fused-ring (bicyclic) bond motifs is 1.